The van der Waals surface area contributed by atoms with Crippen molar-refractivity contribution >= 4 is 29.1 Å². The van der Waals surface area contributed by atoms with E-state index in [1.165, 1.54) is 0 Å². The van der Waals surface area contributed by atoms with Crippen molar-refractivity contribution in [1.29, 1.82) is 0 Å². The highest BCUT2D eigenvalue weighted by molar-refractivity contribution is 6.31. The first-order valence-electron chi connectivity index (χ1n) is 9.68. The average molecular weight is 399 g/mol. The van der Waals surface area contributed by atoms with E-state index < -0.39 is 0 Å². The molecular weight excluding hydrogens is 376 g/mol. The second-order valence-corrected chi connectivity index (χ2v) is 7.74. The number of hydrogen-bond acceptors (Lipinski definition) is 3. The first-order chi connectivity index (χ1) is 13.6. The van der Waals surface area contributed by atoms with Gasteiger partial charge < -0.3 is 15.0 Å². The summed E-state index contributed by atoms with van der Waals surface area (Å²) in [6, 6.07) is 13.5. The summed E-state index contributed by atoms with van der Waals surface area (Å²) in [5, 5.41) is 3.60. The van der Waals surface area contributed by atoms with E-state index in [1.807, 2.05) is 41.3 Å². The summed E-state index contributed by atoms with van der Waals surface area (Å²) in [6.45, 7) is 0.775. The van der Waals surface area contributed by atoms with Crippen LogP contribution in [0, 0.1) is 0 Å². The molecule has 0 saturated carbocycles. The maximum absolute atomic E-state index is 12.7. The van der Waals surface area contributed by atoms with Gasteiger partial charge in [0, 0.05) is 29.7 Å². The number of likely N-dealkylation sites (tertiary alicyclic amines) is 1. The summed E-state index contributed by atoms with van der Waals surface area (Å²) in [6.07, 6.45) is 3.92. The van der Waals surface area contributed by atoms with Crippen molar-refractivity contribution < 1.29 is 14.3 Å². The van der Waals surface area contributed by atoms with Gasteiger partial charge in [-0.05, 0) is 61.1 Å². The van der Waals surface area contributed by atoms with Crippen molar-refractivity contribution in [2.24, 2.45) is 0 Å². The molecule has 0 aromatic heterocycles. The number of ether oxygens (including phenoxy) is 1. The number of nitrogens with one attached hydrogen (secondary N) is 1. The van der Waals surface area contributed by atoms with Crippen molar-refractivity contribution in [3.8, 4) is 5.75 Å². The van der Waals surface area contributed by atoms with E-state index in [0.717, 1.165) is 47.6 Å². The van der Waals surface area contributed by atoms with Crippen LogP contribution in [-0.2, 0) is 22.4 Å². The van der Waals surface area contributed by atoms with Crippen LogP contribution in [0.15, 0.2) is 42.5 Å². The topological polar surface area (TPSA) is 58.6 Å². The Bertz CT molecular complexity index is 899. The molecule has 6 heteroatoms. The number of hydrogen-bond donors (Lipinski definition) is 1. The van der Waals surface area contributed by atoms with Crippen molar-refractivity contribution in [2.75, 3.05) is 18.5 Å². The number of anilines is 1. The van der Waals surface area contributed by atoms with E-state index in [9.17, 15) is 9.59 Å². The number of aryl methyl sites for hydroxylation is 1. The highest BCUT2D eigenvalue weighted by Crippen LogP contribution is 2.28. The Labute approximate surface area is 169 Å². The lowest BCUT2D eigenvalue weighted by molar-refractivity contribution is -0.134. The maximum atomic E-state index is 12.7. The molecule has 1 atom stereocenters. The van der Waals surface area contributed by atoms with Crippen LogP contribution in [0.25, 0.3) is 0 Å². The number of amides is 2. The minimum absolute atomic E-state index is 0.000534. The Kier molecular flexibility index (Phi) is 5.53. The monoisotopic (exact) mass is 398 g/mol. The van der Waals surface area contributed by atoms with E-state index in [-0.39, 0.29) is 24.5 Å². The molecule has 2 heterocycles. The Morgan fingerprint density at radius 3 is 2.93 bits per heavy atom. The van der Waals surface area contributed by atoms with Crippen LogP contribution in [0.3, 0.4) is 0 Å². The van der Waals surface area contributed by atoms with Gasteiger partial charge in [0.05, 0.1) is 0 Å². The van der Waals surface area contributed by atoms with Crippen molar-refractivity contribution in [1.82, 2.24) is 4.90 Å². The van der Waals surface area contributed by atoms with Gasteiger partial charge in [-0.2, -0.15) is 0 Å². The quantitative estimate of drug-likeness (QED) is 0.832. The van der Waals surface area contributed by atoms with Gasteiger partial charge in [-0.1, -0.05) is 29.8 Å². The van der Waals surface area contributed by atoms with Crippen molar-refractivity contribution in [3.05, 3.63) is 58.6 Å². The third-order valence-electron chi connectivity index (χ3n) is 5.45. The molecule has 5 nitrogen and oxygen atoms in total. The van der Waals surface area contributed by atoms with E-state index in [2.05, 4.69) is 5.32 Å². The van der Waals surface area contributed by atoms with Crippen LogP contribution in [0.4, 0.5) is 5.69 Å². The lowest BCUT2D eigenvalue weighted by Crippen LogP contribution is -2.39. The first kappa shape index (κ1) is 18.8. The molecule has 28 heavy (non-hydrogen) atoms. The van der Waals surface area contributed by atoms with Gasteiger partial charge in [0.1, 0.15) is 5.75 Å². The summed E-state index contributed by atoms with van der Waals surface area (Å²) in [4.78, 5) is 26.1. The summed E-state index contributed by atoms with van der Waals surface area (Å²) in [5.41, 5.74) is 2.95. The van der Waals surface area contributed by atoms with Gasteiger partial charge in [0.15, 0.2) is 6.61 Å². The first-order valence-corrected chi connectivity index (χ1v) is 10.1. The maximum Gasteiger partial charge on any atom is 0.260 e. The molecule has 2 aromatic carbocycles. The third kappa shape index (κ3) is 4.14. The highest BCUT2D eigenvalue weighted by atomic mass is 35.5. The predicted molar refractivity (Wildman–Crippen MR) is 109 cm³/mol. The fourth-order valence-electron chi connectivity index (χ4n) is 3.97. The normalized spacial score (nSPS) is 18.5. The largest absolute Gasteiger partial charge is 0.484 e. The highest BCUT2D eigenvalue weighted by Gasteiger charge is 2.29. The van der Waals surface area contributed by atoms with Crippen LogP contribution >= 0.6 is 11.6 Å². The molecule has 146 valence electrons. The molecule has 0 bridgehead atoms. The minimum atomic E-state index is 0.000534. The second kappa shape index (κ2) is 8.23. The number of fused-ring (bicyclic) bond motifs is 1. The number of halogens is 1. The summed E-state index contributed by atoms with van der Waals surface area (Å²) < 4.78 is 5.77. The molecule has 1 N–H and O–H groups in total. The molecule has 2 aliphatic rings. The molecule has 0 radical (unpaired) electrons. The molecular formula is C22H23ClN2O3. The Morgan fingerprint density at radius 2 is 2.07 bits per heavy atom. The lowest BCUT2D eigenvalue weighted by Gasteiger charge is -2.25. The third-order valence-corrected chi connectivity index (χ3v) is 5.81. The molecule has 0 spiro atoms. The van der Waals surface area contributed by atoms with Gasteiger partial charge >= 0.3 is 0 Å². The van der Waals surface area contributed by atoms with Crippen LogP contribution in [0.2, 0.25) is 5.02 Å². The van der Waals surface area contributed by atoms with E-state index in [1.54, 1.807) is 6.07 Å². The summed E-state index contributed by atoms with van der Waals surface area (Å²) >= 11 is 6.28. The predicted octanol–water partition coefficient (Wildman–Crippen LogP) is 3.84. The second-order valence-electron chi connectivity index (χ2n) is 7.33. The van der Waals surface area contributed by atoms with Crippen LogP contribution in [0.1, 0.15) is 30.4 Å². The fraction of sp³-hybridized carbons (Fsp3) is 0.364. The van der Waals surface area contributed by atoms with Gasteiger partial charge in [-0.15, -0.1) is 0 Å². The van der Waals surface area contributed by atoms with E-state index in [4.69, 9.17) is 16.3 Å². The number of benzene rings is 2. The van der Waals surface area contributed by atoms with Crippen LogP contribution in [0.5, 0.6) is 5.75 Å². The fourth-order valence-corrected chi connectivity index (χ4v) is 4.18. The molecule has 2 amide bonds. The van der Waals surface area contributed by atoms with Gasteiger partial charge in [-0.3, -0.25) is 9.59 Å². The Hall–Kier alpha value is -2.53. The number of carbonyl (C=O) groups is 2. The Morgan fingerprint density at radius 1 is 1.21 bits per heavy atom. The zero-order chi connectivity index (χ0) is 19.5. The van der Waals surface area contributed by atoms with Crippen LogP contribution in [-0.4, -0.2) is 35.9 Å². The SMILES string of the molecule is O=C1CCc2cc(OCC(=O)N3CCCC3Cc3ccccc3Cl)ccc2N1. The van der Waals surface area contributed by atoms with Crippen molar-refractivity contribution in [3.63, 3.8) is 0 Å². The number of rotatable bonds is 5. The number of carbonyl (C=O) groups excluding carboxylic acids is 2. The summed E-state index contributed by atoms with van der Waals surface area (Å²) in [5.74, 6) is 0.695. The lowest BCUT2D eigenvalue weighted by atomic mass is 10.0. The molecule has 4 rings (SSSR count). The average Bonchev–Trinajstić information content (AvgIpc) is 3.16. The molecule has 0 aliphatic carbocycles. The van der Waals surface area contributed by atoms with E-state index >= 15 is 0 Å². The molecule has 2 aliphatic heterocycles. The zero-order valence-corrected chi connectivity index (χ0v) is 16.4. The van der Waals surface area contributed by atoms with Gasteiger partial charge in [0.25, 0.3) is 5.91 Å². The molecule has 1 fully saturated rings. The minimum Gasteiger partial charge on any atom is -0.484 e. The van der Waals surface area contributed by atoms with Gasteiger partial charge in [0.2, 0.25) is 5.91 Å². The van der Waals surface area contributed by atoms with Crippen molar-refractivity contribution in [2.45, 2.75) is 38.1 Å². The molecule has 1 saturated heterocycles. The zero-order valence-electron chi connectivity index (χ0n) is 15.6. The van der Waals surface area contributed by atoms with E-state index in [0.29, 0.717) is 18.6 Å². The van der Waals surface area contributed by atoms with Crippen LogP contribution < -0.4 is 10.1 Å². The standard InChI is InChI=1S/C22H23ClN2O3/c23-19-6-2-1-4-15(19)12-17-5-3-11-25(17)22(27)14-28-18-8-9-20-16(13-18)7-10-21(26)24-20/h1-2,4,6,8-9,13,17H,3,5,7,10-12,14H2,(H,24,26). The summed E-state index contributed by atoms with van der Waals surface area (Å²) in [7, 11) is 0. The molecule has 1 unspecified atom stereocenters. The number of nitrogens with zero attached hydrogens (tertiary/aromatic N) is 1. The van der Waals surface area contributed by atoms with Gasteiger partial charge in [-0.25, -0.2) is 0 Å². The molecule has 2 aromatic rings. The smallest absolute Gasteiger partial charge is 0.260 e. The Balaban J connectivity index is 1.37.